The van der Waals surface area contributed by atoms with Gasteiger partial charge in [-0.2, -0.15) is 5.10 Å². The van der Waals surface area contributed by atoms with Crippen molar-refractivity contribution in [2.45, 2.75) is 6.92 Å². The van der Waals surface area contributed by atoms with Gasteiger partial charge in [0, 0.05) is 22.3 Å². The average molecular weight is 263 g/mol. The topological polar surface area (TPSA) is 70.1 Å². The normalized spacial score (nSPS) is 10.8. The summed E-state index contributed by atoms with van der Waals surface area (Å²) in [4.78, 5) is 17.8. The third kappa shape index (κ3) is 3.18. The standard InChI is InChI=1S/C12H11ClN4O/c1-8-6-11(18)16-12(15-8)17-14-7-9-4-2-3-5-10(9)13/h2-7H,1H3,(H2,15,16,17,18)/b14-7-. The maximum Gasteiger partial charge on any atom is 0.252 e. The highest BCUT2D eigenvalue weighted by molar-refractivity contribution is 6.33. The molecule has 2 rings (SSSR count). The third-order valence-electron chi connectivity index (χ3n) is 2.15. The minimum Gasteiger partial charge on any atom is -0.291 e. The zero-order valence-electron chi connectivity index (χ0n) is 9.64. The molecule has 0 fully saturated rings. The maximum absolute atomic E-state index is 11.2. The summed E-state index contributed by atoms with van der Waals surface area (Å²) >= 11 is 5.96. The minimum atomic E-state index is -0.224. The van der Waals surface area contributed by atoms with Crippen molar-refractivity contribution in [3.05, 3.63) is 57.0 Å². The molecule has 0 aliphatic carbocycles. The zero-order chi connectivity index (χ0) is 13.0. The Labute approximate surface area is 109 Å². The van der Waals surface area contributed by atoms with Gasteiger partial charge in [-0.3, -0.25) is 9.78 Å². The molecule has 0 spiro atoms. The molecular formula is C12H11ClN4O. The summed E-state index contributed by atoms with van der Waals surface area (Å²) in [7, 11) is 0. The van der Waals surface area contributed by atoms with Crippen molar-refractivity contribution in [3.8, 4) is 0 Å². The molecule has 0 bridgehead atoms. The molecule has 2 N–H and O–H groups in total. The summed E-state index contributed by atoms with van der Waals surface area (Å²) in [5.41, 5.74) is 3.82. The number of hydrazone groups is 1. The molecular weight excluding hydrogens is 252 g/mol. The van der Waals surface area contributed by atoms with Crippen molar-refractivity contribution >= 4 is 23.8 Å². The van der Waals surface area contributed by atoms with Crippen LogP contribution in [0.3, 0.4) is 0 Å². The van der Waals surface area contributed by atoms with E-state index in [1.807, 2.05) is 18.2 Å². The van der Waals surface area contributed by atoms with E-state index in [0.717, 1.165) is 5.56 Å². The molecule has 0 unspecified atom stereocenters. The Balaban J connectivity index is 2.12. The second-order valence-corrected chi connectivity index (χ2v) is 4.03. The molecule has 18 heavy (non-hydrogen) atoms. The lowest BCUT2D eigenvalue weighted by Gasteiger charge is -2.00. The van der Waals surface area contributed by atoms with Crippen LogP contribution in [0.5, 0.6) is 0 Å². The molecule has 0 saturated heterocycles. The summed E-state index contributed by atoms with van der Waals surface area (Å²) in [5.74, 6) is 0.295. The van der Waals surface area contributed by atoms with Crippen LogP contribution in [0.4, 0.5) is 5.95 Å². The van der Waals surface area contributed by atoms with E-state index in [0.29, 0.717) is 16.7 Å². The van der Waals surface area contributed by atoms with E-state index in [1.54, 1.807) is 19.2 Å². The van der Waals surface area contributed by atoms with Gasteiger partial charge in [-0.05, 0) is 13.0 Å². The van der Waals surface area contributed by atoms with Crippen LogP contribution in [0.15, 0.2) is 40.2 Å². The number of H-pyrrole nitrogens is 1. The molecule has 0 aliphatic heterocycles. The van der Waals surface area contributed by atoms with Crippen molar-refractivity contribution < 1.29 is 0 Å². The maximum atomic E-state index is 11.2. The minimum absolute atomic E-state index is 0.224. The number of benzene rings is 1. The molecule has 5 nitrogen and oxygen atoms in total. The van der Waals surface area contributed by atoms with Crippen molar-refractivity contribution in [3.63, 3.8) is 0 Å². The summed E-state index contributed by atoms with van der Waals surface area (Å²) in [6.45, 7) is 1.73. The van der Waals surface area contributed by atoms with Gasteiger partial charge in [0.15, 0.2) is 0 Å². The predicted octanol–water partition coefficient (Wildman–Crippen LogP) is 2.18. The number of aryl methyl sites for hydroxylation is 1. The second kappa shape index (κ2) is 5.46. The lowest BCUT2D eigenvalue weighted by Crippen LogP contribution is -2.10. The molecule has 0 amide bonds. The fourth-order valence-corrected chi connectivity index (χ4v) is 1.56. The number of nitrogens with zero attached hydrogens (tertiary/aromatic N) is 2. The molecule has 92 valence electrons. The highest BCUT2D eigenvalue weighted by Crippen LogP contribution is 2.12. The van der Waals surface area contributed by atoms with Crippen LogP contribution >= 0.6 is 11.6 Å². The molecule has 2 aromatic rings. The number of nitrogens with one attached hydrogen (secondary N) is 2. The van der Waals surface area contributed by atoms with Crippen molar-refractivity contribution in [2.75, 3.05) is 5.43 Å². The third-order valence-corrected chi connectivity index (χ3v) is 2.49. The summed E-state index contributed by atoms with van der Waals surface area (Å²) < 4.78 is 0. The monoisotopic (exact) mass is 262 g/mol. The number of anilines is 1. The van der Waals surface area contributed by atoms with Crippen LogP contribution < -0.4 is 11.0 Å². The number of aromatic nitrogens is 2. The van der Waals surface area contributed by atoms with E-state index in [-0.39, 0.29) is 5.56 Å². The molecule has 0 radical (unpaired) electrons. The van der Waals surface area contributed by atoms with Crippen LogP contribution in [0.2, 0.25) is 5.02 Å². The Hall–Kier alpha value is -2.14. The molecule has 0 atom stereocenters. The fourth-order valence-electron chi connectivity index (χ4n) is 1.37. The quantitative estimate of drug-likeness (QED) is 0.658. The van der Waals surface area contributed by atoms with Gasteiger partial charge in [-0.1, -0.05) is 29.8 Å². The van der Waals surface area contributed by atoms with Crippen LogP contribution in [-0.2, 0) is 0 Å². The largest absolute Gasteiger partial charge is 0.291 e. The SMILES string of the molecule is Cc1cc(=O)[nH]c(N/N=C\c2ccccc2Cl)n1. The first-order valence-electron chi connectivity index (χ1n) is 5.27. The number of halogens is 1. The highest BCUT2D eigenvalue weighted by Gasteiger charge is 1.96. The van der Waals surface area contributed by atoms with E-state index < -0.39 is 0 Å². The summed E-state index contributed by atoms with van der Waals surface area (Å²) in [6.07, 6.45) is 1.56. The van der Waals surface area contributed by atoms with Crippen LogP contribution in [0, 0.1) is 6.92 Å². The molecule has 1 aromatic heterocycles. The van der Waals surface area contributed by atoms with Crippen LogP contribution in [-0.4, -0.2) is 16.2 Å². The van der Waals surface area contributed by atoms with Crippen LogP contribution in [0.1, 0.15) is 11.3 Å². The first-order valence-corrected chi connectivity index (χ1v) is 5.64. The summed E-state index contributed by atoms with van der Waals surface area (Å²) in [5, 5.41) is 4.57. The Morgan fingerprint density at radius 1 is 1.44 bits per heavy atom. The Bertz CT molecular complexity index is 636. The van der Waals surface area contributed by atoms with E-state index >= 15 is 0 Å². The van der Waals surface area contributed by atoms with Gasteiger partial charge >= 0.3 is 0 Å². The van der Waals surface area contributed by atoms with Crippen molar-refractivity contribution in [1.82, 2.24) is 9.97 Å². The summed E-state index contributed by atoms with van der Waals surface area (Å²) in [6, 6.07) is 8.71. The Morgan fingerprint density at radius 2 is 2.22 bits per heavy atom. The van der Waals surface area contributed by atoms with Gasteiger partial charge in [0.2, 0.25) is 5.95 Å². The number of hydrogen-bond acceptors (Lipinski definition) is 4. The van der Waals surface area contributed by atoms with Gasteiger partial charge in [-0.25, -0.2) is 10.4 Å². The zero-order valence-corrected chi connectivity index (χ0v) is 10.4. The van der Waals surface area contributed by atoms with Crippen LogP contribution in [0.25, 0.3) is 0 Å². The molecule has 0 saturated carbocycles. The lowest BCUT2D eigenvalue weighted by molar-refractivity contribution is 1.04. The number of rotatable bonds is 3. The molecule has 1 heterocycles. The van der Waals surface area contributed by atoms with Crippen molar-refractivity contribution in [2.24, 2.45) is 5.10 Å². The highest BCUT2D eigenvalue weighted by atomic mass is 35.5. The van der Waals surface area contributed by atoms with E-state index in [1.165, 1.54) is 6.07 Å². The average Bonchev–Trinajstić information content (AvgIpc) is 2.30. The van der Waals surface area contributed by atoms with Gasteiger partial charge in [0.1, 0.15) is 0 Å². The first-order chi connectivity index (χ1) is 8.65. The van der Waals surface area contributed by atoms with Gasteiger partial charge in [0.05, 0.1) is 6.21 Å². The van der Waals surface area contributed by atoms with Gasteiger partial charge < -0.3 is 0 Å². The smallest absolute Gasteiger partial charge is 0.252 e. The Kier molecular flexibility index (Phi) is 3.74. The first kappa shape index (κ1) is 12.3. The van der Waals surface area contributed by atoms with E-state index in [2.05, 4.69) is 20.5 Å². The van der Waals surface area contributed by atoms with Gasteiger partial charge in [-0.15, -0.1) is 0 Å². The van der Waals surface area contributed by atoms with Gasteiger partial charge in [0.25, 0.3) is 5.56 Å². The second-order valence-electron chi connectivity index (χ2n) is 3.63. The number of hydrogen-bond donors (Lipinski definition) is 2. The molecule has 1 aromatic carbocycles. The predicted molar refractivity (Wildman–Crippen MR) is 72.3 cm³/mol. The lowest BCUT2D eigenvalue weighted by atomic mass is 10.2. The molecule has 0 aliphatic rings. The number of aromatic amines is 1. The fraction of sp³-hybridized carbons (Fsp3) is 0.0833. The molecule has 6 heteroatoms. The van der Waals surface area contributed by atoms with E-state index in [9.17, 15) is 4.79 Å². The Morgan fingerprint density at radius 3 is 2.94 bits per heavy atom. The van der Waals surface area contributed by atoms with Crippen molar-refractivity contribution in [1.29, 1.82) is 0 Å². The van der Waals surface area contributed by atoms with E-state index in [4.69, 9.17) is 11.6 Å².